The Balaban J connectivity index is 1.73. The van der Waals surface area contributed by atoms with E-state index < -0.39 is 11.4 Å². The molecule has 2 aliphatic rings. The van der Waals surface area contributed by atoms with E-state index in [1.165, 1.54) is 19.3 Å². The number of fused-ring (bicyclic) bond motifs is 2. The lowest BCUT2D eigenvalue weighted by Gasteiger charge is -2.39. The van der Waals surface area contributed by atoms with E-state index in [1.807, 2.05) is 0 Å². The van der Waals surface area contributed by atoms with Crippen molar-refractivity contribution in [1.82, 2.24) is 0 Å². The van der Waals surface area contributed by atoms with Gasteiger partial charge in [-0.15, -0.1) is 0 Å². The number of hydrogen-bond acceptors (Lipinski definition) is 2. The highest BCUT2D eigenvalue weighted by Gasteiger charge is 2.61. The maximum absolute atomic E-state index is 11.1. The third-order valence-electron chi connectivity index (χ3n) is 6.81. The summed E-state index contributed by atoms with van der Waals surface area (Å²) in [5.74, 6) is 0.115. The number of carboxylic acids is 1. The summed E-state index contributed by atoms with van der Waals surface area (Å²) < 4.78 is 6.20. The third-order valence-corrected chi connectivity index (χ3v) is 6.81. The summed E-state index contributed by atoms with van der Waals surface area (Å²) >= 11 is 0. The van der Waals surface area contributed by atoms with Crippen molar-refractivity contribution in [3.8, 4) is 0 Å². The van der Waals surface area contributed by atoms with Crippen molar-refractivity contribution in [3.63, 3.8) is 0 Å². The first-order valence-electron chi connectivity index (χ1n) is 8.46. The quantitative estimate of drug-likeness (QED) is 0.704. The Morgan fingerprint density at radius 1 is 1.29 bits per heavy atom. The number of rotatable bonds is 7. The molecule has 0 aliphatic heterocycles. The zero-order chi connectivity index (χ0) is 15.9. The summed E-state index contributed by atoms with van der Waals surface area (Å²) in [6.45, 7) is 11.6. The SMILES string of the molecule is CC(C)(CCCCOC1CC2CCC1(C)C2(C)C)C(=O)O. The van der Waals surface area contributed by atoms with E-state index in [1.54, 1.807) is 13.8 Å². The van der Waals surface area contributed by atoms with Gasteiger partial charge in [0, 0.05) is 6.61 Å². The first-order valence-corrected chi connectivity index (χ1v) is 8.46. The second-order valence-electron chi connectivity index (χ2n) is 8.62. The van der Waals surface area contributed by atoms with Gasteiger partial charge in [-0.25, -0.2) is 0 Å². The van der Waals surface area contributed by atoms with Crippen molar-refractivity contribution in [2.24, 2.45) is 22.2 Å². The second kappa shape index (κ2) is 5.57. The molecular formula is C18H32O3. The molecule has 0 radical (unpaired) electrons. The molecule has 0 saturated heterocycles. The Morgan fingerprint density at radius 3 is 2.43 bits per heavy atom. The molecule has 21 heavy (non-hydrogen) atoms. The van der Waals surface area contributed by atoms with Crippen LogP contribution in [0.1, 0.15) is 73.1 Å². The number of carbonyl (C=O) groups is 1. The largest absolute Gasteiger partial charge is 0.481 e. The van der Waals surface area contributed by atoms with Crippen LogP contribution in [0.5, 0.6) is 0 Å². The zero-order valence-corrected chi connectivity index (χ0v) is 14.4. The molecule has 1 N–H and O–H groups in total. The summed E-state index contributed by atoms with van der Waals surface area (Å²) in [6.07, 6.45) is 6.88. The number of unbranched alkanes of at least 4 members (excludes halogenated alkanes) is 1. The van der Waals surface area contributed by atoms with Gasteiger partial charge < -0.3 is 9.84 Å². The molecule has 2 aliphatic carbocycles. The Morgan fingerprint density at radius 2 is 1.95 bits per heavy atom. The highest BCUT2D eigenvalue weighted by Crippen LogP contribution is 2.66. The van der Waals surface area contributed by atoms with E-state index in [4.69, 9.17) is 9.84 Å². The molecule has 3 unspecified atom stereocenters. The van der Waals surface area contributed by atoms with Gasteiger partial charge in [-0.2, -0.15) is 0 Å². The van der Waals surface area contributed by atoms with Crippen LogP contribution in [0.25, 0.3) is 0 Å². The minimum atomic E-state index is -0.703. The fraction of sp³-hybridized carbons (Fsp3) is 0.944. The van der Waals surface area contributed by atoms with Crippen LogP contribution in [0.3, 0.4) is 0 Å². The lowest BCUT2D eigenvalue weighted by molar-refractivity contribution is -0.147. The number of carboxylic acid groups (broad SMARTS) is 1. The lowest BCUT2D eigenvalue weighted by atomic mass is 9.70. The average molecular weight is 296 g/mol. The maximum Gasteiger partial charge on any atom is 0.309 e. The van der Waals surface area contributed by atoms with Crippen molar-refractivity contribution in [1.29, 1.82) is 0 Å². The van der Waals surface area contributed by atoms with Gasteiger partial charge in [0.05, 0.1) is 11.5 Å². The first-order chi connectivity index (χ1) is 9.61. The van der Waals surface area contributed by atoms with Crippen LogP contribution < -0.4 is 0 Å². The first kappa shape index (κ1) is 16.8. The van der Waals surface area contributed by atoms with Gasteiger partial charge in [-0.05, 0) is 62.7 Å². The molecule has 0 heterocycles. The lowest BCUT2D eigenvalue weighted by Crippen LogP contribution is -2.37. The predicted octanol–water partition coefficient (Wildman–Crippen LogP) is 4.50. The van der Waals surface area contributed by atoms with Crippen molar-refractivity contribution in [3.05, 3.63) is 0 Å². The molecule has 2 fully saturated rings. The van der Waals surface area contributed by atoms with E-state index in [0.29, 0.717) is 16.9 Å². The maximum atomic E-state index is 11.1. The van der Waals surface area contributed by atoms with Crippen LogP contribution in [-0.4, -0.2) is 23.8 Å². The highest BCUT2D eigenvalue weighted by molar-refractivity contribution is 5.73. The van der Waals surface area contributed by atoms with Crippen molar-refractivity contribution in [2.75, 3.05) is 6.61 Å². The van der Waals surface area contributed by atoms with E-state index >= 15 is 0 Å². The Labute approximate surface area is 129 Å². The zero-order valence-electron chi connectivity index (χ0n) is 14.4. The molecule has 0 amide bonds. The molecular weight excluding hydrogens is 264 g/mol. The van der Waals surface area contributed by atoms with Crippen molar-refractivity contribution < 1.29 is 14.6 Å². The Kier molecular flexibility index (Phi) is 4.45. The molecule has 2 bridgehead atoms. The van der Waals surface area contributed by atoms with Crippen LogP contribution in [0.2, 0.25) is 0 Å². The minimum absolute atomic E-state index is 0.331. The molecule has 122 valence electrons. The third kappa shape index (κ3) is 2.86. The summed E-state index contributed by atoms with van der Waals surface area (Å²) in [7, 11) is 0. The number of aliphatic carboxylic acids is 1. The van der Waals surface area contributed by atoms with Gasteiger partial charge in [0.1, 0.15) is 0 Å². The molecule has 3 atom stereocenters. The average Bonchev–Trinajstić information content (AvgIpc) is 2.71. The number of hydrogen-bond donors (Lipinski definition) is 1. The van der Waals surface area contributed by atoms with E-state index in [2.05, 4.69) is 20.8 Å². The van der Waals surface area contributed by atoms with Crippen molar-refractivity contribution in [2.45, 2.75) is 79.2 Å². The molecule has 0 spiro atoms. The fourth-order valence-corrected chi connectivity index (χ4v) is 4.38. The highest BCUT2D eigenvalue weighted by atomic mass is 16.5. The molecule has 2 rings (SSSR count). The molecule has 3 nitrogen and oxygen atoms in total. The van der Waals surface area contributed by atoms with E-state index in [-0.39, 0.29) is 0 Å². The predicted molar refractivity (Wildman–Crippen MR) is 84.2 cm³/mol. The van der Waals surface area contributed by atoms with Gasteiger partial charge in [0.15, 0.2) is 0 Å². The molecule has 2 saturated carbocycles. The van der Waals surface area contributed by atoms with Gasteiger partial charge >= 0.3 is 5.97 Å². The van der Waals surface area contributed by atoms with E-state index in [9.17, 15) is 4.79 Å². The van der Waals surface area contributed by atoms with Gasteiger partial charge in [0.2, 0.25) is 0 Å². The summed E-state index contributed by atoms with van der Waals surface area (Å²) in [5.41, 5.74) is 0.126. The summed E-state index contributed by atoms with van der Waals surface area (Å²) in [4.78, 5) is 11.1. The second-order valence-corrected chi connectivity index (χ2v) is 8.62. The van der Waals surface area contributed by atoms with Crippen LogP contribution in [0.4, 0.5) is 0 Å². The standard InChI is InChI=1S/C18H32O3/c1-16(2,15(19)20)9-6-7-11-21-14-12-13-8-10-18(14,5)17(13,3)4/h13-14H,6-12H2,1-5H3,(H,19,20). The summed E-state index contributed by atoms with van der Waals surface area (Å²) in [5, 5.41) is 9.10. The van der Waals surface area contributed by atoms with Crippen LogP contribution in [-0.2, 0) is 9.53 Å². The fourth-order valence-electron chi connectivity index (χ4n) is 4.38. The summed E-state index contributed by atoms with van der Waals surface area (Å²) in [6, 6.07) is 0. The van der Waals surface area contributed by atoms with E-state index in [0.717, 1.165) is 31.8 Å². The van der Waals surface area contributed by atoms with Crippen LogP contribution in [0, 0.1) is 22.2 Å². The molecule has 0 aromatic rings. The van der Waals surface area contributed by atoms with Gasteiger partial charge in [-0.3, -0.25) is 4.79 Å². The van der Waals surface area contributed by atoms with Crippen LogP contribution in [0.15, 0.2) is 0 Å². The van der Waals surface area contributed by atoms with Gasteiger partial charge in [-0.1, -0.05) is 27.2 Å². The minimum Gasteiger partial charge on any atom is -0.481 e. The smallest absolute Gasteiger partial charge is 0.309 e. The molecule has 0 aromatic heterocycles. The molecule has 0 aromatic carbocycles. The number of ether oxygens (including phenoxy) is 1. The van der Waals surface area contributed by atoms with Gasteiger partial charge in [0.25, 0.3) is 0 Å². The Hall–Kier alpha value is -0.570. The monoisotopic (exact) mass is 296 g/mol. The van der Waals surface area contributed by atoms with Crippen molar-refractivity contribution >= 4 is 5.97 Å². The topological polar surface area (TPSA) is 46.5 Å². The van der Waals surface area contributed by atoms with Crippen LogP contribution >= 0.6 is 0 Å². The molecule has 3 heteroatoms. The normalized spacial score (nSPS) is 34.3. The Bertz CT molecular complexity index is 399.